The zero-order valence-electron chi connectivity index (χ0n) is 10.9. The minimum absolute atomic E-state index is 0.0408. The van der Waals surface area contributed by atoms with Gasteiger partial charge in [0.05, 0.1) is 0 Å². The van der Waals surface area contributed by atoms with E-state index in [0.29, 0.717) is 12.8 Å². The molecule has 2 atom stereocenters. The van der Waals surface area contributed by atoms with Gasteiger partial charge in [-0.1, -0.05) is 25.1 Å². The molecule has 0 aliphatic rings. The van der Waals surface area contributed by atoms with Gasteiger partial charge in [0.1, 0.15) is 5.75 Å². The molecule has 0 aliphatic heterocycles. The summed E-state index contributed by atoms with van der Waals surface area (Å²) in [6.45, 7) is 3.81. The highest BCUT2D eigenvalue weighted by Gasteiger charge is 2.14. The SMILES string of the molecule is CC(CO)C(C)NC(=O)CCc1ccccc1O. The zero-order valence-corrected chi connectivity index (χ0v) is 10.9. The standard InChI is InChI=1S/C14H21NO3/c1-10(9-16)11(2)15-14(18)8-7-12-5-3-4-6-13(12)17/h3-6,10-11,16-17H,7-9H2,1-2H3,(H,15,18). The number of aryl methyl sites for hydroxylation is 1. The van der Waals surface area contributed by atoms with Crippen LogP contribution >= 0.6 is 0 Å². The van der Waals surface area contributed by atoms with Crippen molar-refractivity contribution in [1.29, 1.82) is 0 Å². The molecule has 0 heterocycles. The van der Waals surface area contributed by atoms with Gasteiger partial charge in [0.2, 0.25) is 5.91 Å². The summed E-state index contributed by atoms with van der Waals surface area (Å²) in [7, 11) is 0. The molecule has 0 spiro atoms. The third-order valence-electron chi connectivity index (χ3n) is 3.14. The number of hydrogen-bond acceptors (Lipinski definition) is 3. The lowest BCUT2D eigenvalue weighted by molar-refractivity contribution is -0.122. The molecule has 1 aromatic carbocycles. The fourth-order valence-electron chi connectivity index (χ4n) is 1.60. The minimum atomic E-state index is -0.0638. The number of hydrogen-bond donors (Lipinski definition) is 3. The number of carbonyl (C=O) groups is 1. The van der Waals surface area contributed by atoms with Gasteiger partial charge < -0.3 is 15.5 Å². The van der Waals surface area contributed by atoms with Crippen molar-refractivity contribution in [3.05, 3.63) is 29.8 Å². The number of benzene rings is 1. The number of rotatable bonds is 6. The van der Waals surface area contributed by atoms with Crippen molar-refractivity contribution >= 4 is 5.91 Å². The second-order valence-corrected chi connectivity index (χ2v) is 4.64. The lowest BCUT2D eigenvalue weighted by Crippen LogP contribution is -2.38. The van der Waals surface area contributed by atoms with Crippen molar-refractivity contribution in [3.63, 3.8) is 0 Å². The third kappa shape index (κ3) is 4.37. The summed E-state index contributed by atoms with van der Waals surface area (Å²) in [5.74, 6) is 0.201. The maximum atomic E-state index is 11.7. The molecule has 0 aliphatic carbocycles. The number of amides is 1. The van der Waals surface area contributed by atoms with Crippen LogP contribution in [0.1, 0.15) is 25.8 Å². The van der Waals surface area contributed by atoms with Crippen LogP contribution in [0.5, 0.6) is 5.75 Å². The highest BCUT2D eigenvalue weighted by Crippen LogP contribution is 2.17. The van der Waals surface area contributed by atoms with Crippen molar-refractivity contribution in [2.24, 2.45) is 5.92 Å². The molecule has 2 unspecified atom stereocenters. The van der Waals surface area contributed by atoms with Crippen LogP contribution in [0, 0.1) is 5.92 Å². The molecule has 4 nitrogen and oxygen atoms in total. The van der Waals surface area contributed by atoms with Gasteiger partial charge in [-0.25, -0.2) is 0 Å². The van der Waals surface area contributed by atoms with Gasteiger partial charge in [0, 0.05) is 19.1 Å². The summed E-state index contributed by atoms with van der Waals surface area (Å²) in [6.07, 6.45) is 0.846. The molecular formula is C14H21NO3. The van der Waals surface area contributed by atoms with Gasteiger partial charge in [0.25, 0.3) is 0 Å². The Kier molecular flexibility index (Phi) is 5.65. The van der Waals surface area contributed by atoms with Crippen molar-refractivity contribution in [1.82, 2.24) is 5.32 Å². The van der Waals surface area contributed by atoms with Crippen LogP contribution in [-0.2, 0) is 11.2 Å². The third-order valence-corrected chi connectivity index (χ3v) is 3.14. The smallest absolute Gasteiger partial charge is 0.220 e. The van der Waals surface area contributed by atoms with Gasteiger partial charge in [0.15, 0.2) is 0 Å². The minimum Gasteiger partial charge on any atom is -0.508 e. The Labute approximate surface area is 108 Å². The second kappa shape index (κ2) is 7.01. The first-order chi connectivity index (χ1) is 8.54. The normalized spacial score (nSPS) is 13.9. The summed E-state index contributed by atoms with van der Waals surface area (Å²) in [6, 6.07) is 6.96. The molecule has 0 saturated heterocycles. The van der Waals surface area contributed by atoms with Gasteiger partial charge in [-0.3, -0.25) is 4.79 Å². The molecule has 1 amide bonds. The molecule has 3 N–H and O–H groups in total. The summed E-state index contributed by atoms with van der Waals surface area (Å²) in [4.78, 5) is 11.7. The van der Waals surface area contributed by atoms with Crippen LogP contribution in [-0.4, -0.2) is 28.8 Å². The topological polar surface area (TPSA) is 69.6 Å². The molecule has 0 fully saturated rings. The van der Waals surface area contributed by atoms with Crippen LogP contribution in [0.3, 0.4) is 0 Å². The highest BCUT2D eigenvalue weighted by atomic mass is 16.3. The lowest BCUT2D eigenvalue weighted by Gasteiger charge is -2.19. The van der Waals surface area contributed by atoms with Crippen molar-refractivity contribution < 1.29 is 15.0 Å². The maximum Gasteiger partial charge on any atom is 0.220 e. The summed E-state index contributed by atoms with van der Waals surface area (Å²) < 4.78 is 0. The Morgan fingerprint density at radius 1 is 1.33 bits per heavy atom. The molecule has 0 bridgehead atoms. The first kappa shape index (κ1) is 14.5. The van der Waals surface area contributed by atoms with E-state index in [1.54, 1.807) is 12.1 Å². The quantitative estimate of drug-likeness (QED) is 0.717. The fourth-order valence-corrected chi connectivity index (χ4v) is 1.60. The summed E-state index contributed by atoms with van der Waals surface area (Å²) in [5.41, 5.74) is 0.774. The second-order valence-electron chi connectivity index (χ2n) is 4.64. The van der Waals surface area contributed by atoms with E-state index in [1.807, 2.05) is 26.0 Å². The summed E-state index contributed by atoms with van der Waals surface area (Å²) in [5, 5.41) is 21.4. The van der Waals surface area contributed by atoms with E-state index in [1.165, 1.54) is 0 Å². The number of para-hydroxylation sites is 1. The first-order valence-corrected chi connectivity index (χ1v) is 6.21. The van der Waals surface area contributed by atoms with Crippen LogP contribution in [0.15, 0.2) is 24.3 Å². The van der Waals surface area contributed by atoms with Crippen LogP contribution in [0.25, 0.3) is 0 Å². The monoisotopic (exact) mass is 251 g/mol. The number of carbonyl (C=O) groups excluding carboxylic acids is 1. The van der Waals surface area contributed by atoms with Gasteiger partial charge in [-0.15, -0.1) is 0 Å². The molecule has 0 aromatic heterocycles. The van der Waals surface area contributed by atoms with Crippen molar-refractivity contribution in [2.45, 2.75) is 32.7 Å². The maximum absolute atomic E-state index is 11.7. The lowest BCUT2D eigenvalue weighted by atomic mass is 10.0. The molecule has 0 radical (unpaired) electrons. The Morgan fingerprint density at radius 3 is 2.61 bits per heavy atom. The predicted molar refractivity (Wildman–Crippen MR) is 70.3 cm³/mol. The zero-order chi connectivity index (χ0) is 13.5. The predicted octanol–water partition coefficient (Wildman–Crippen LogP) is 1.46. The average molecular weight is 251 g/mol. The van der Waals surface area contributed by atoms with E-state index in [9.17, 15) is 9.90 Å². The van der Waals surface area contributed by atoms with Crippen molar-refractivity contribution in [2.75, 3.05) is 6.61 Å². The number of phenolic OH excluding ortho intramolecular Hbond substituents is 1. The molecule has 18 heavy (non-hydrogen) atoms. The van der Waals surface area contributed by atoms with E-state index < -0.39 is 0 Å². The number of aliphatic hydroxyl groups excluding tert-OH is 1. The van der Waals surface area contributed by atoms with Gasteiger partial charge in [-0.2, -0.15) is 0 Å². The largest absolute Gasteiger partial charge is 0.508 e. The molecule has 4 heteroatoms. The summed E-state index contributed by atoms with van der Waals surface area (Å²) >= 11 is 0. The Hall–Kier alpha value is -1.55. The number of phenols is 1. The Balaban J connectivity index is 2.40. The number of nitrogens with one attached hydrogen (secondary N) is 1. The number of aromatic hydroxyl groups is 1. The van der Waals surface area contributed by atoms with E-state index in [4.69, 9.17) is 5.11 Å². The highest BCUT2D eigenvalue weighted by molar-refractivity contribution is 5.76. The van der Waals surface area contributed by atoms with Gasteiger partial charge in [-0.05, 0) is 30.9 Å². The van der Waals surface area contributed by atoms with Crippen molar-refractivity contribution in [3.8, 4) is 5.75 Å². The van der Waals surface area contributed by atoms with E-state index in [0.717, 1.165) is 5.56 Å². The molecule has 1 aromatic rings. The van der Waals surface area contributed by atoms with Crippen LogP contribution in [0.4, 0.5) is 0 Å². The average Bonchev–Trinajstić information content (AvgIpc) is 2.36. The Morgan fingerprint density at radius 2 is 2.00 bits per heavy atom. The van der Waals surface area contributed by atoms with E-state index in [2.05, 4.69) is 5.32 Å². The molecular weight excluding hydrogens is 230 g/mol. The number of aliphatic hydroxyl groups is 1. The molecule has 1 rings (SSSR count). The first-order valence-electron chi connectivity index (χ1n) is 6.21. The molecule has 0 saturated carbocycles. The van der Waals surface area contributed by atoms with E-state index in [-0.39, 0.29) is 30.2 Å². The van der Waals surface area contributed by atoms with Crippen LogP contribution < -0.4 is 5.32 Å². The fraction of sp³-hybridized carbons (Fsp3) is 0.500. The van der Waals surface area contributed by atoms with Gasteiger partial charge >= 0.3 is 0 Å². The molecule has 100 valence electrons. The Bertz CT molecular complexity index is 392. The van der Waals surface area contributed by atoms with Crippen LogP contribution in [0.2, 0.25) is 0 Å². The van der Waals surface area contributed by atoms with E-state index >= 15 is 0 Å².